The lowest BCUT2D eigenvalue weighted by molar-refractivity contribution is 0.205. The van der Waals surface area contributed by atoms with E-state index in [9.17, 15) is 9.90 Å². The van der Waals surface area contributed by atoms with Gasteiger partial charge in [-0.1, -0.05) is 24.3 Å². The molecule has 3 nitrogen and oxygen atoms in total. The summed E-state index contributed by atoms with van der Waals surface area (Å²) in [6.45, 7) is 0. The molecular formula is C17H17Cl2NO2. The number of hydrogen-bond acceptors (Lipinski definition) is 1. The number of benzene rings is 2. The molecule has 0 spiro atoms. The largest absolute Gasteiger partial charge is 0.464 e. The Morgan fingerprint density at radius 1 is 0.818 bits per heavy atom. The molecule has 22 heavy (non-hydrogen) atoms. The Bertz CT molecular complexity index is 562. The lowest BCUT2D eigenvalue weighted by Gasteiger charge is -2.20. The Labute approximate surface area is 140 Å². The Hall–Kier alpha value is -1.71. The molecule has 0 radical (unpaired) electrons. The Balaban J connectivity index is 2.27. The third-order valence-corrected chi connectivity index (χ3v) is 3.72. The fraction of sp³-hybridized carbons (Fsp3) is 0.235. The third-order valence-electron chi connectivity index (χ3n) is 3.35. The standard InChI is InChI=1S/C17H17Cl2NO2/c18-11-9-13-1-5-15(6-2-13)20(17(21)22)16-7-3-14(4-8-16)10-12-19/h1-8H,9-12H2,(H,21,22). The van der Waals surface area contributed by atoms with E-state index < -0.39 is 6.09 Å². The van der Waals surface area contributed by atoms with Gasteiger partial charge in [-0.2, -0.15) is 0 Å². The van der Waals surface area contributed by atoms with Crippen molar-refractivity contribution in [3.8, 4) is 0 Å². The smallest absolute Gasteiger partial charge is 0.416 e. The van der Waals surface area contributed by atoms with Crippen LogP contribution in [0.25, 0.3) is 0 Å². The predicted octanol–water partition coefficient (Wildman–Crippen LogP) is 5.07. The quantitative estimate of drug-likeness (QED) is 0.748. The summed E-state index contributed by atoms with van der Waals surface area (Å²) in [5.74, 6) is 1.09. The van der Waals surface area contributed by atoms with Crippen molar-refractivity contribution in [2.24, 2.45) is 0 Å². The van der Waals surface area contributed by atoms with E-state index in [-0.39, 0.29) is 0 Å². The van der Waals surface area contributed by atoms with Crippen molar-refractivity contribution in [1.29, 1.82) is 0 Å². The molecule has 1 N–H and O–H groups in total. The molecule has 0 saturated heterocycles. The fourth-order valence-electron chi connectivity index (χ4n) is 2.21. The van der Waals surface area contributed by atoms with E-state index in [4.69, 9.17) is 23.2 Å². The summed E-state index contributed by atoms with van der Waals surface area (Å²) >= 11 is 11.4. The lowest BCUT2D eigenvalue weighted by Crippen LogP contribution is -2.23. The summed E-state index contributed by atoms with van der Waals surface area (Å²) in [5, 5.41) is 9.51. The zero-order valence-electron chi connectivity index (χ0n) is 12.0. The summed E-state index contributed by atoms with van der Waals surface area (Å²) in [5.41, 5.74) is 3.38. The number of rotatable bonds is 6. The van der Waals surface area contributed by atoms with Gasteiger partial charge in [0.15, 0.2) is 0 Å². The second-order valence-electron chi connectivity index (χ2n) is 4.83. The van der Waals surface area contributed by atoms with Crippen LogP contribution in [0.1, 0.15) is 11.1 Å². The summed E-state index contributed by atoms with van der Waals surface area (Å²) in [6, 6.07) is 14.8. The zero-order valence-corrected chi connectivity index (χ0v) is 13.5. The van der Waals surface area contributed by atoms with Crippen LogP contribution in [-0.4, -0.2) is 23.0 Å². The molecule has 0 fully saturated rings. The first kappa shape index (κ1) is 16.7. The van der Waals surface area contributed by atoms with Gasteiger partial charge in [-0.05, 0) is 48.2 Å². The summed E-state index contributed by atoms with van der Waals surface area (Å²) < 4.78 is 0. The number of hydrogen-bond donors (Lipinski definition) is 1. The van der Waals surface area contributed by atoms with Gasteiger partial charge in [0.05, 0.1) is 11.4 Å². The Morgan fingerprint density at radius 2 is 1.18 bits per heavy atom. The highest BCUT2D eigenvalue weighted by Gasteiger charge is 2.16. The predicted molar refractivity (Wildman–Crippen MR) is 91.9 cm³/mol. The molecule has 2 rings (SSSR count). The SMILES string of the molecule is O=C(O)N(c1ccc(CCCl)cc1)c1ccc(CCCl)cc1. The molecule has 0 aromatic heterocycles. The number of amides is 1. The highest BCUT2D eigenvalue weighted by molar-refractivity contribution is 6.18. The molecule has 0 unspecified atom stereocenters. The van der Waals surface area contributed by atoms with Crippen molar-refractivity contribution in [1.82, 2.24) is 0 Å². The molecule has 0 aliphatic carbocycles. The molecule has 0 saturated carbocycles. The van der Waals surface area contributed by atoms with Gasteiger partial charge in [0.25, 0.3) is 0 Å². The topological polar surface area (TPSA) is 40.5 Å². The molecular weight excluding hydrogens is 321 g/mol. The molecule has 5 heteroatoms. The monoisotopic (exact) mass is 337 g/mol. The first-order valence-corrected chi connectivity index (χ1v) is 8.05. The van der Waals surface area contributed by atoms with Crippen LogP contribution >= 0.6 is 23.2 Å². The maximum atomic E-state index is 11.6. The van der Waals surface area contributed by atoms with Crippen LogP contribution in [0.3, 0.4) is 0 Å². The van der Waals surface area contributed by atoms with Crippen molar-refractivity contribution in [2.75, 3.05) is 16.7 Å². The minimum atomic E-state index is -1.02. The van der Waals surface area contributed by atoms with Crippen molar-refractivity contribution in [3.63, 3.8) is 0 Å². The number of halogens is 2. The zero-order chi connectivity index (χ0) is 15.9. The molecule has 2 aromatic rings. The van der Waals surface area contributed by atoms with Gasteiger partial charge < -0.3 is 5.11 Å². The van der Waals surface area contributed by atoms with Crippen molar-refractivity contribution in [3.05, 3.63) is 59.7 Å². The van der Waals surface area contributed by atoms with Crippen LogP contribution in [-0.2, 0) is 12.8 Å². The third kappa shape index (κ3) is 4.15. The molecule has 0 bridgehead atoms. The minimum Gasteiger partial charge on any atom is -0.464 e. The molecule has 0 heterocycles. The minimum absolute atomic E-state index is 0.546. The van der Waals surface area contributed by atoms with E-state index in [1.165, 1.54) is 4.90 Å². The fourth-order valence-corrected chi connectivity index (χ4v) is 2.65. The van der Waals surface area contributed by atoms with E-state index >= 15 is 0 Å². The Kier molecular flexibility index (Phi) is 6.10. The van der Waals surface area contributed by atoms with Crippen molar-refractivity contribution >= 4 is 40.7 Å². The highest BCUT2D eigenvalue weighted by atomic mass is 35.5. The van der Waals surface area contributed by atoms with Crippen LogP contribution in [0, 0.1) is 0 Å². The van der Waals surface area contributed by atoms with Gasteiger partial charge in [-0.3, -0.25) is 0 Å². The molecule has 2 aromatic carbocycles. The van der Waals surface area contributed by atoms with E-state index in [1.54, 1.807) is 24.3 Å². The van der Waals surface area contributed by atoms with E-state index in [0.29, 0.717) is 23.1 Å². The number of aryl methyl sites for hydroxylation is 2. The van der Waals surface area contributed by atoms with Crippen LogP contribution in [0.2, 0.25) is 0 Å². The maximum absolute atomic E-state index is 11.6. The molecule has 0 aliphatic rings. The van der Waals surface area contributed by atoms with Gasteiger partial charge in [-0.25, -0.2) is 9.69 Å². The van der Waals surface area contributed by atoms with Gasteiger partial charge in [0.2, 0.25) is 0 Å². The van der Waals surface area contributed by atoms with Crippen LogP contribution in [0.5, 0.6) is 0 Å². The van der Waals surface area contributed by atoms with Gasteiger partial charge >= 0.3 is 6.09 Å². The number of alkyl halides is 2. The summed E-state index contributed by atoms with van der Waals surface area (Å²) in [7, 11) is 0. The van der Waals surface area contributed by atoms with Crippen LogP contribution < -0.4 is 4.90 Å². The summed E-state index contributed by atoms with van der Waals surface area (Å²) in [4.78, 5) is 12.9. The highest BCUT2D eigenvalue weighted by Crippen LogP contribution is 2.26. The first-order valence-electron chi connectivity index (χ1n) is 6.98. The second kappa shape index (κ2) is 8.06. The first-order chi connectivity index (χ1) is 10.7. The lowest BCUT2D eigenvalue weighted by atomic mass is 10.1. The van der Waals surface area contributed by atoms with Crippen LogP contribution in [0.4, 0.5) is 16.2 Å². The number of nitrogens with zero attached hydrogens (tertiary/aromatic N) is 1. The average Bonchev–Trinajstić information content (AvgIpc) is 2.51. The van der Waals surface area contributed by atoms with Gasteiger partial charge in [-0.15, -0.1) is 23.2 Å². The van der Waals surface area contributed by atoms with Crippen LogP contribution in [0.15, 0.2) is 48.5 Å². The van der Waals surface area contributed by atoms with E-state index in [2.05, 4.69) is 0 Å². The van der Waals surface area contributed by atoms with Crippen molar-refractivity contribution in [2.45, 2.75) is 12.8 Å². The van der Waals surface area contributed by atoms with Gasteiger partial charge in [0, 0.05) is 11.8 Å². The molecule has 1 amide bonds. The van der Waals surface area contributed by atoms with E-state index in [1.807, 2.05) is 24.3 Å². The Morgan fingerprint density at radius 3 is 1.45 bits per heavy atom. The number of anilines is 2. The molecule has 0 aliphatic heterocycles. The van der Waals surface area contributed by atoms with Crippen molar-refractivity contribution < 1.29 is 9.90 Å². The number of carbonyl (C=O) groups is 1. The number of carboxylic acid groups (broad SMARTS) is 1. The maximum Gasteiger partial charge on any atom is 0.416 e. The normalized spacial score (nSPS) is 10.5. The average molecular weight is 338 g/mol. The second-order valence-corrected chi connectivity index (χ2v) is 5.58. The molecule has 0 atom stereocenters. The van der Waals surface area contributed by atoms with E-state index in [0.717, 1.165) is 24.0 Å². The van der Waals surface area contributed by atoms with Gasteiger partial charge in [0.1, 0.15) is 0 Å². The summed E-state index contributed by atoms with van der Waals surface area (Å²) in [6.07, 6.45) is 0.513. The molecule has 116 valence electrons.